The van der Waals surface area contributed by atoms with Crippen LogP contribution in [0.3, 0.4) is 0 Å². The molecule has 0 aromatic carbocycles. The molecule has 1 saturated carbocycles. The molecule has 0 radical (unpaired) electrons. The third-order valence-corrected chi connectivity index (χ3v) is 3.61. The van der Waals surface area contributed by atoms with Gasteiger partial charge in [0.1, 0.15) is 0 Å². The molecule has 0 aromatic rings. The number of aliphatic carboxylic acids is 1. The summed E-state index contributed by atoms with van der Waals surface area (Å²) in [5.41, 5.74) is -0.166. The van der Waals surface area contributed by atoms with Crippen LogP contribution in [0.2, 0.25) is 0 Å². The lowest BCUT2D eigenvalue weighted by molar-refractivity contribution is -0.145. The maximum atomic E-state index is 11.0. The zero-order valence-electron chi connectivity index (χ0n) is 9.61. The van der Waals surface area contributed by atoms with Gasteiger partial charge in [-0.25, -0.2) is 0 Å². The number of hydrogen-bond donors (Lipinski definition) is 1. The summed E-state index contributed by atoms with van der Waals surface area (Å²) < 4.78 is 11.2. The molecule has 3 atom stereocenters. The van der Waals surface area contributed by atoms with Crippen LogP contribution >= 0.6 is 0 Å². The van der Waals surface area contributed by atoms with Gasteiger partial charge in [0.2, 0.25) is 0 Å². The normalized spacial score (nSPS) is 41.5. The molecule has 2 fully saturated rings. The van der Waals surface area contributed by atoms with Crippen LogP contribution in [0.5, 0.6) is 0 Å². The van der Waals surface area contributed by atoms with Crippen LogP contribution in [0.1, 0.15) is 27.7 Å². The second-order valence-corrected chi connectivity index (χ2v) is 5.53. The van der Waals surface area contributed by atoms with Gasteiger partial charge < -0.3 is 14.6 Å². The van der Waals surface area contributed by atoms with Gasteiger partial charge in [0.25, 0.3) is 0 Å². The summed E-state index contributed by atoms with van der Waals surface area (Å²) in [6.45, 7) is 8.18. The van der Waals surface area contributed by atoms with Gasteiger partial charge in [0.05, 0.1) is 18.6 Å². The third-order valence-electron chi connectivity index (χ3n) is 3.61. The van der Waals surface area contributed by atoms with Gasteiger partial charge in [-0.05, 0) is 19.3 Å². The Morgan fingerprint density at radius 2 is 1.93 bits per heavy atom. The third kappa shape index (κ3) is 1.66. The van der Waals surface area contributed by atoms with E-state index in [1.54, 1.807) is 0 Å². The van der Waals surface area contributed by atoms with Gasteiger partial charge in [-0.2, -0.15) is 0 Å². The van der Waals surface area contributed by atoms with Crippen molar-refractivity contribution in [1.82, 2.24) is 0 Å². The molecular weight excluding hydrogens is 196 g/mol. The standard InChI is InChI=1S/C11H18O4/c1-10(2)7(8(10)9(12)13)6-5-14-11(3,4)15-6/h6-8H,5H2,1-4H3,(H,12,13). The molecule has 86 valence electrons. The van der Waals surface area contributed by atoms with Crippen molar-refractivity contribution < 1.29 is 19.4 Å². The van der Waals surface area contributed by atoms with E-state index in [0.717, 1.165) is 0 Å². The maximum Gasteiger partial charge on any atom is 0.307 e. The number of hydrogen-bond acceptors (Lipinski definition) is 3. The van der Waals surface area contributed by atoms with Crippen molar-refractivity contribution in [1.29, 1.82) is 0 Å². The zero-order valence-corrected chi connectivity index (χ0v) is 9.61. The first-order chi connectivity index (χ1) is 6.76. The van der Waals surface area contributed by atoms with Crippen molar-refractivity contribution in [2.45, 2.75) is 39.6 Å². The first kappa shape index (κ1) is 10.9. The highest BCUT2D eigenvalue weighted by Gasteiger charge is 2.66. The lowest BCUT2D eigenvalue weighted by atomic mass is 10.1. The van der Waals surface area contributed by atoms with E-state index < -0.39 is 11.8 Å². The van der Waals surface area contributed by atoms with Gasteiger partial charge in [-0.1, -0.05) is 13.8 Å². The molecule has 15 heavy (non-hydrogen) atoms. The lowest BCUT2D eigenvalue weighted by Crippen LogP contribution is -2.23. The molecule has 3 unspecified atom stereocenters. The summed E-state index contributed by atoms with van der Waals surface area (Å²) in [5, 5.41) is 9.05. The number of carboxylic acid groups (broad SMARTS) is 1. The monoisotopic (exact) mass is 214 g/mol. The van der Waals surface area contributed by atoms with Gasteiger partial charge in [-0.15, -0.1) is 0 Å². The fourth-order valence-electron chi connectivity index (χ4n) is 2.74. The molecule has 1 aliphatic carbocycles. The van der Waals surface area contributed by atoms with Gasteiger partial charge in [0, 0.05) is 5.92 Å². The van der Waals surface area contributed by atoms with E-state index in [2.05, 4.69) is 0 Å². The van der Waals surface area contributed by atoms with Crippen LogP contribution in [0.25, 0.3) is 0 Å². The number of carboxylic acids is 1. The summed E-state index contributed by atoms with van der Waals surface area (Å²) in [6.07, 6.45) is -0.0731. The van der Waals surface area contributed by atoms with Crippen molar-refractivity contribution in [3.8, 4) is 0 Å². The van der Waals surface area contributed by atoms with Crippen molar-refractivity contribution in [2.75, 3.05) is 6.61 Å². The van der Waals surface area contributed by atoms with Crippen molar-refractivity contribution in [2.24, 2.45) is 17.3 Å². The summed E-state index contributed by atoms with van der Waals surface area (Å²) in [7, 11) is 0. The molecule has 0 aromatic heterocycles. The summed E-state index contributed by atoms with van der Waals surface area (Å²) in [6, 6.07) is 0. The Bertz CT molecular complexity index is 295. The van der Waals surface area contributed by atoms with Gasteiger partial charge in [-0.3, -0.25) is 4.79 Å². The molecule has 1 aliphatic heterocycles. The van der Waals surface area contributed by atoms with Crippen LogP contribution in [0.15, 0.2) is 0 Å². The number of rotatable bonds is 2. The SMILES string of the molecule is CC1(C)OCC(C2C(C(=O)O)C2(C)C)O1. The average molecular weight is 214 g/mol. The maximum absolute atomic E-state index is 11.0. The molecule has 2 aliphatic rings. The average Bonchev–Trinajstić information content (AvgIpc) is 2.43. The van der Waals surface area contributed by atoms with E-state index in [-0.39, 0.29) is 23.4 Å². The predicted octanol–water partition coefficient (Wildman–Crippen LogP) is 1.49. The summed E-state index contributed by atoms with van der Waals surface area (Å²) in [4.78, 5) is 11.0. The summed E-state index contributed by atoms with van der Waals surface area (Å²) in [5.74, 6) is -1.50. The fourth-order valence-corrected chi connectivity index (χ4v) is 2.74. The Morgan fingerprint density at radius 3 is 2.27 bits per heavy atom. The minimum absolute atomic E-state index is 0.0731. The van der Waals surface area contributed by atoms with Crippen molar-refractivity contribution in [3.05, 3.63) is 0 Å². The molecule has 1 saturated heterocycles. The van der Waals surface area contributed by atoms with Crippen LogP contribution in [0, 0.1) is 17.3 Å². The van der Waals surface area contributed by atoms with Crippen LogP contribution in [0.4, 0.5) is 0 Å². The largest absolute Gasteiger partial charge is 0.481 e. The highest BCUT2D eigenvalue weighted by Crippen LogP contribution is 2.61. The van der Waals surface area contributed by atoms with E-state index in [9.17, 15) is 4.79 Å². The molecule has 0 amide bonds. The molecular formula is C11H18O4. The molecule has 1 heterocycles. The van der Waals surface area contributed by atoms with Crippen molar-refractivity contribution in [3.63, 3.8) is 0 Å². The van der Waals surface area contributed by atoms with E-state index in [1.165, 1.54) is 0 Å². The minimum atomic E-state index is -0.724. The number of ether oxygens (including phenoxy) is 2. The summed E-state index contributed by atoms with van der Waals surface area (Å²) >= 11 is 0. The first-order valence-electron chi connectivity index (χ1n) is 5.30. The smallest absolute Gasteiger partial charge is 0.307 e. The second-order valence-electron chi connectivity index (χ2n) is 5.53. The quantitative estimate of drug-likeness (QED) is 0.756. The highest BCUT2D eigenvalue weighted by molar-refractivity contribution is 5.75. The molecule has 2 rings (SSSR count). The zero-order chi connectivity index (χ0) is 11.4. The minimum Gasteiger partial charge on any atom is -0.481 e. The predicted molar refractivity (Wildman–Crippen MR) is 53.3 cm³/mol. The second kappa shape index (κ2) is 2.95. The van der Waals surface area contributed by atoms with Crippen LogP contribution in [-0.4, -0.2) is 29.6 Å². The highest BCUT2D eigenvalue weighted by atomic mass is 16.7. The molecule has 4 nitrogen and oxygen atoms in total. The van der Waals surface area contributed by atoms with Crippen LogP contribution in [-0.2, 0) is 14.3 Å². The lowest BCUT2D eigenvalue weighted by Gasteiger charge is -2.17. The first-order valence-corrected chi connectivity index (χ1v) is 5.30. The Kier molecular flexibility index (Phi) is 2.14. The van der Waals surface area contributed by atoms with Crippen LogP contribution < -0.4 is 0 Å². The van der Waals surface area contributed by atoms with E-state index >= 15 is 0 Å². The van der Waals surface area contributed by atoms with Gasteiger partial charge in [0.15, 0.2) is 5.79 Å². The Labute approximate surface area is 89.6 Å². The Balaban J connectivity index is 2.06. The van der Waals surface area contributed by atoms with Gasteiger partial charge >= 0.3 is 5.97 Å². The molecule has 0 bridgehead atoms. The Morgan fingerprint density at radius 1 is 1.33 bits per heavy atom. The van der Waals surface area contributed by atoms with E-state index in [1.807, 2.05) is 27.7 Å². The molecule has 0 spiro atoms. The van der Waals surface area contributed by atoms with E-state index in [0.29, 0.717) is 6.61 Å². The molecule has 4 heteroatoms. The van der Waals surface area contributed by atoms with E-state index in [4.69, 9.17) is 14.6 Å². The van der Waals surface area contributed by atoms with Crippen molar-refractivity contribution >= 4 is 5.97 Å². The molecule has 1 N–H and O–H groups in total. The topological polar surface area (TPSA) is 55.8 Å². The Hall–Kier alpha value is -0.610. The fraction of sp³-hybridized carbons (Fsp3) is 0.909. The number of carbonyl (C=O) groups is 1.